The Morgan fingerprint density at radius 3 is 2.39 bits per heavy atom. The van der Waals surface area contributed by atoms with E-state index in [0.717, 1.165) is 26.2 Å². The van der Waals surface area contributed by atoms with Gasteiger partial charge in [0.05, 0.1) is 10.1 Å². The summed E-state index contributed by atoms with van der Waals surface area (Å²) >= 11 is -1.17. The highest BCUT2D eigenvalue weighted by Crippen LogP contribution is 2.25. The van der Waals surface area contributed by atoms with Crippen LogP contribution in [0.5, 0.6) is 0 Å². The number of benzene rings is 1. The molecule has 0 spiro atoms. The number of nitrogens with zero attached hydrogens (tertiary/aromatic N) is 3. The van der Waals surface area contributed by atoms with Crippen LogP contribution in [0.15, 0.2) is 34.1 Å². The monoisotopic (exact) mass is 522 g/mol. The van der Waals surface area contributed by atoms with E-state index in [9.17, 15) is 17.8 Å². The zero-order valence-electron chi connectivity index (χ0n) is 20.2. The molecule has 1 heterocycles. The summed E-state index contributed by atoms with van der Waals surface area (Å²) in [6.45, 7) is 8.72. The molecule has 0 bridgehead atoms. The summed E-state index contributed by atoms with van der Waals surface area (Å²) in [5.74, 6) is 0.522. The number of urea groups is 1. The number of piperidine rings is 1. The van der Waals surface area contributed by atoms with Crippen LogP contribution in [0.1, 0.15) is 26.7 Å². The maximum absolute atomic E-state index is 13.2. The van der Waals surface area contributed by atoms with Crippen molar-refractivity contribution in [1.29, 1.82) is 0 Å². The van der Waals surface area contributed by atoms with Crippen LogP contribution in [-0.4, -0.2) is 105 Å². The van der Waals surface area contributed by atoms with E-state index in [1.54, 1.807) is 29.2 Å². The molecule has 0 aliphatic carbocycles. The molecular weight excluding hydrogens is 484 g/mol. The second-order valence-corrected chi connectivity index (χ2v) is 12.1. The lowest BCUT2D eigenvalue weighted by Crippen LogP contribution is -2.49. The van der Waals surface area contributed by atoms with E-state index in [0.29, 0.717) is 36.6 Å². The van der Waals surface area contributed by atoms with E-state index >= 15 is 0 Å². The van der Waals surface area contributed by atoms with Crippen molar-refractivity contribution in [3.8, 4) is 0 Å². The van der Waals surface area contributed by atoms with Crippen molar-refractivity contribution in [2.24, 2.45) is 0 Å². The highest BCUT2D eigenvalue weighted by Gasteiger charge is 2.34. The maximum Gasteiger partial charge on any atom is 0.317 e. The average molecular weight is 523 g/mol. The van der Waals surface area contributed by atoms with Gasteiger partial charge in [-0.2, -0.15) is 0 Å². The fourth-order valence-electron chi connectivity index (χ4n) is 3.72. The van der Waals surface area contributed by atoms with Gasteiger partial charge in [0.1, 0.15) is 5.75 Å². The number of carbonyl (C=O) groups is 1. The van der Waals surface area contributed by atoms with Crippen LogP contribution in [0, 0.1) is 0 Å². The summed E-state index contributed by atoms with van der Waals surface area (Å²) in [4.78, 5) is 19.1. The predicted molar refractivity (Wildman–Crippen MR) is 136 cm³/mol. The first-order valence-corrected chi connectivity index (χ1v) is 14.2. The molecule has 1 aromatic carbocycles. The second-order valence-electron chi connectivity index (χ2n) is 8.34. The van der Waals surface area contributed by atoms with Gasteiger partial charge in [0.25, 0.3) is 0 Å². The Kier molecular flexibility index (Phi) is 13.1. The molecule has 0 aromatic heterocycles. The third-order valence-electron chi connectivity index (χ3n) is 5.84. The Hall–Kier alpha value is -1.04. The first kappa shape index (κ1) is 30.0. The normalized spacial score (nSPS) is 17.7. The quantitative estimate of drug-likeness (QED) is 0.447. The zero-order valence-corrected chi connectivity index (χ0v) is 22.6. The first-order valence-electron chi connectivity index (χ1n) is 11.3. The number of rotatable bonds is 11. The molecule has 33 heavy (non-hydrogen) atoms. The van der Waals surface area contributed by atoms with Gasteiger partial charge in [0, 0.05) is 32.7 Å². The summed E-state index contributed by atoms with van der Waals surface area (Å²) in [6, 6.07) is 6.19. The van der Waals surface area contributed by atoms with Crippen molar-refractivity contribution in [2.45, 2.75) is 41.7 Å². The van der Waals surface area contributed by atoms with Gasteiger partial charge < -0.3 is 19.7 Å². The van der Waals surface area contributed by atoms with Crippen molar-refractivity contribution >= 4 is 39.5 Å². The number of likely N-dealkylation sites (tertiary alicyclic amines) is 1. The zero-order chi connectivity index (χ0) is 23.7. The standard InChI is InChI=1S/C22H38N4O4S2.ClH/c1-5-25(6-2)16-17-31(28)19-9-11-20(12-10-19)32(29,30)21-8-7-14-26(18-21)22(27)23-13-15-24(3)4;/h9-12,21H,5-8,13-18H2,1-4H3,(H,23,27);1H. The Morgan fingerprint density at radius 2 is 1.82 bits per heavy atom. The van der Waals surface area contributed by atoms with Gasteiger partial charge in [-0.3, -0.25) is 4.90 Å². The molecule has 0 radical (unpaired) electrons. The van der Waals surface area contributed by atoms with E-state index in [-0.39, 0.29) is 29.9 Å². The Morgan fingerprint density at radius 1 is 1.18 bits per heavy atom. The Balaban J connectivity index is 0.00000544. The van der Waals surface area contributed by atoms with Crippen molar-refractivity contribution in [2.75, 3.05) is 65.7 Å². The molecule has 1 saturated heterocycles. The molecule has 1 aromatic rings. The Labute approximate surface area is 208 Å². The van der Waals surface area contributed by atoms with E-state index < -0.39 is 26.3 Å². The summed E-state index contributed by atoms with van der Waals surface area (Å²) < 4.78 is 38.9. The first-order chi connectivity index (χ1) is 15.2. The van der Waals surface area contributed by atoms with Gasteiger partial charge in [0.2, 0.25) is 0 Å². The predicted octanol–water partition coefficient (Wildman–Crippen LogP) is 2.07. The lowest BCUT2D eigenvalue weighted by molar-refractivity contribution is 0.186. The van der Waals surface area contributed by atoms with E-state index in [1.807, 2.05) is 19.0 Å². The molecule has 2 amide bonds. The minimum Gasteiger partial charge on any atom is -0.611 e. The molecule has 11 heteroatoms. The number of likely N-dealkylation sites (N-methyl/N-ethyl adjacent to an activating group) is 1. The highest BCUT2D eigenvalue weighted by molar-refractivity contribution is 7.92. The van der Waals surface area contributed by atoms with E-state index in [1.165, 1.54) is 0 Å². The minimum absolute atomic E-state index is 0. The fourth-order valence-corrected chi connectivity index (χ4v) is 6.57. The maximum atomic E-state index is 13.2. The lowest BCUT2D eigenvalue weighted by Gasteiger charge is -2.32. The van der Waals surface area contributed by atoms with Crippen molar-refractivity contribution in [3.05, 3.63) is 24.3 Å². The number of hydrogen-bond acceptors (Lipinski definition) is 6. The van der Waals surface area contributed by atoms with Crippen LogP contribution in [-0.2, 0) is 21.0 Å². The number of carbonyl (C=O) groups excluding carboxylic acids is 1. The fraction of sp³-hybridized carbons (Fsp3) is 0.682. The summed E-state index contributed by atoms with van der Waals surface area (Å²) in [5.41, 5.74) is 0. The largest absolute Gasteiger partial charge is 0.611 e. The van der Waals surface area contributed by atoms with Crippen molar-refractivity contribution < 1.29 is 17.8 Å². The number of amides is 2. The average Bonchev–Trinajstić information content (AvgIpc) is 2.79. The molecule has 2 unspecified atom stereocenters. The molecule has 1 aliphatic heterocycles. The van der Waals surface area contributed by atoms with Gasteiger partial charge in [-0.05, 0) is 75.5 Å². The van der Waals surface area contributed by atoms with Gasteiger partial charge in [0.15, 0.2) is 14.7 Å². The SMILES string of the molecule is CCN(CC)CC[S+]([O-])c1ccc(S(=O)(=O)C2CCCN(C(=O)NCCN(C)C)C2)cc1.Cl. The van der Waals surface area contributed by atoms with E-state index in [4.69, 9.17) is 0 Å². The minimum atomic E-state index is -3.58. The number of sulfone groups is 1. The van der Waals surface area contributed by atoms with Crippen LogP contribution >= 0.6 is 12.4 Å². The molecule has 1 N–H and O–H groups in total. The second kappa shape index (κ2) is 14.4. The van der Waals surface area contributed by atoms with Crippen LogP contribution in [0.2, 0.25) is 0 Å². The highest BCUT2D eigenvalue weighted by atomic mass is 35.5. The topological polar surface area (TPSA) is 96.0 Å². The van der Waals surface area contributed by atoms with Crippen LogP contribution in [0.3, 0.4) is 0 Å². The summed E-state index contributed by atoms with van der Waals surface area (Å²) in [5, 5.41) is 2.23. The third kappa shape index (κ3) is 8.92. The molecule has 1 aliphatic rings. The summed E-state index contributed by atoms with van der Waals surface area (Å²) in [7, 11) is 0.289. The smallest absolute Gasteiger partial charge is 0.317 e. The van der Waals surface area contributed by atoms with E-state index in [2.05, 4.69) is 24.1 Å². The lowest BCUT2D eigenvalue weighted by atomic mass is 10.1. The van der Waals surface area contributed by atoms with Gasteiger partial charge in [-0.1, -0.05) is 13.8 Å². The molecule has 8 nitrogen and oxygen atoms in total. The third-order valence-corrected chi connectivity index (χ3v) is 9.38. The molecule has 0 saturated carbocycles. The molecule has 190 valence electrons. The number of hydrogen-bond donors (Lipinski definition) is 1. The molecule has 2 rings (SSSR count). The van der Waals surface area contributed by atoms with Crippen LogP contribution < -0.4 is 5.32 Å². The van der Waals surface area contributed by atoms with Gasteiger partial charge >= 0.3 is 6.03 Å². The number of nitrogens with one attached hydrogen (secondary N) is 1. The van der Waals surface area contributed by atoms with Crippen molar-refractivity contribution in [3.63, 3.8) is 0 Å². The van der Waals surface area contributed by atoms with Gasteiger partial charge in [-0.25, -0.2) is 13.2 Å². The Bertz CT molecular complexity index is 820. The van der Waals surface area contributed by atoms with Crippen LogP contribution in [0.4, 0.5) is 4.79 Å². The summed E-state index contributed by atoms with van der Waals surface area (Å²) in [6.07, 6.45) is 1.18. The van der Waals surface area contributed by atoms with Crippen molar-refractivity contribution in [1.82, 2.24) is 20.0 Å². The molecule has 2 atom stereocenters. The molecule has 1 fully saturated rings. The van der Waals surface area contributed by atoms with Crippen LogP contribution in [0.25, 0.3) is 0 Å². The van der Waals surface area contributed by atoms with Gasteiger partial charge in [-0.15, -0.1) is 12.4 Å². The molecular formula is C22H39ClN4O4S2. The number of halogens is 1.